The van der Waals surface area contributed by atoms with Crippen LogP contribution in [0.3, 0.4) is 0 Å². The van der Waals surface area contributed by atoms with Gasteiger partial charge in [-0.1, -0.05) is 0 Å². The molecule has 4 rings (SSSR count). The van der Waals surface area contributed by atoms with E-state index >= 15 is 0 Å². The Balaban J connectivity index is 1.33. The molecule has 0 unspecified atom stereocenters. The van der Waals surface area contributed by atoms with Crippen molar-refractivity contribution in [1.29, 1.82) is 0 Å². The summed E-state index contributed by atoms with van der Waals surface area (Å²) in [5, 5.41) is 13.3. The summed E-state index contributed by atoms with van der Waals surface area (Å²) < 4.78 is 4.65. The van der Waals surface area contributed by atoms with E-state index in [2.05, 4.69) is 25.1 Å². The highest BCUT2D eigenvalue weighted by atomic mass is 16.1. The lowest BCUT2D eigenvalue weighted by molar-refractivity contribution is 0.121. The minimum absolute atomic E-state index is 0.0978. The van der Waals surface area contributed by atoms with E-state index < -0.39 is 0 Å². The number of hydrogen-bond donors (Lipinski definition) is 0. The summed E-state index contributed by atoms with van der Waals surface area (Å²) in [6.07, 6.45) is 0. The van der Waals surface area contributed by atoms with Gasteiger partial charge in [-0.2, -0.15) is 10.2 Å². The maximum Gasteiger partial charge on any atom is 0.266 e. The van der Waals surface area contributed by atoms with E-state index in [1.165, 1.54) is 9.36 Å². The van der Waals surface area contributed by atoms with Gasteiger partial charge >= 0.3 is 0 Å². The summed E-state index contributed by atoms with van der Waals surface area (Å²) in [4.78, 5) is 28.4. The second kappa shape index (κ2) is 8.94. The molecular weight excluding hydrogens is 396 g/mol. The lowest BCUT2D eigenvalue weighted by atomic mass is 10.3. The molecule has 0 bridgehead atoms. The Morgan fingerprint density at radius 2 is 1.55 bits per heavy atom. The minimum atomic E-state index is -0.107. The summed E-state index contributed by atoms with van der Waals surface area (Å²) in [6, 6.07) is 8.61. The fourth-order valence-corrected chi connectivity index (χ4v) is 3.84. The SMILES string of the molecule is Cc1cc(C)n(-c2ccc(=O)n(CCN3CCN(Cc4ccc(=O)n(C)n4)CC3)n2)n1. The lowest BCUT2D eigenvalue weighted by Crippen LogP contribution is -2.47. The molecule has 0 aliphatic carbocycles. The van der Waals surface area contributed by atoms with Crippen LogP contribution in [0.4, 0.5) is 0 Å². The molecule has 0 atom stereocenters. The molecule has 1 aliphatic heterocycles. The zero-order valence-corrected chi connectivity index (χ0v) is 18.2. The van der Waals surface area contributed by atoms with Gasteiger partial charge in [-0.25, -0.2) is 14.0 Å². The number of piperazine rings is 1. The van der Waals surface area contributed by atoms with E-state index in [9.17, 15) is 9.59 Å². The molecule has 10 heteroatoms. The molecule has 3 aromatic rings. The van der Waals surface area contributed by atoms with Gasteiger partial charge in [-0.3, -0.25) is 19.4 Å². The quantitative estimate of drug-likeness (QED) is 0.548. The van der Waals surface area contributed by atoms with Crippen LogP contribution in [0.15, 0.2) is 39.9 Å². The number of rotatable bonds is 6. The van der Waals surface area contributed by atoms with Crippen molar-refractivity contribution in [3.8, 4) is 5.82 Å². The summed E-state index contributed by atoms with van der Waals surface area (Å²) in [7, 11) is 1.67. The molecule has 1 fully saturated rings. The third-order valence-corrected chi connectivity index (χ3v) is 5.57. The van der Waals surface area contributed by atoms with E-state index in [0.717, 1.165) is 56.4 Å². The summed E-state index contributed by atoms with van der Waals surface area (Å²) >= 11 is 0. The van der Waals surface area contributed by atoms with Crippen LogP contribution in [-0.4, -0.2) is 71.9 Å². The van der Waals surface area contributed by atoms with Gasteiger partial charge in [0.15, 0.2) is 5.82 Å². The molecule has 0 saturated carbocycles. The molecule has 0 aromatic carbocycles. The van der Waals surface area contributed by atoms with Crippen molar-refractivity contribution in [3.63, 3.8) is 0 Å². The molecule has 0 radical (unpaired) electrons. The molecule has 1 saturated heterocycles. The van der Waals surface area contributed by atoms with Crippen LogP contribution < -0.4 is 11.1 Å². The second-order valence-electron chi connectivity index (χ2n) is 8.00. The molecule has 164 valence electrons. The molecular formula is C21H28N8O2. The van der Waals surface area contributed by atoms with E-state index in [0.29, 0.717) is 12.4 Å². The number of nitrogens with zero attached hydrogens (tertiary/aromatic N) is 8. The van der Waals surface area contributed by atoms with Crippen molar-refractivity contribution >= 4 is 0 Å². The van der Waals surface area contributed by atoms with E-state index in [4.69, 9.17) is 0 Å². The first kappa shape index (κ1) is 21.1. The maximum absolute atomic E-state index is 12.3. The fourth-order valence-electron chi connectivity index (χ4n) is 3.84. The Bertz CT molecular complexity index is 1170. The smallest absolute Gasteiger partial charge is 0.266 e. The predicted octanol–water partition coefficient (Wildman–Crippen LogP) is -0.0427. The van der Waals surface area contributed by atoms with Gasteiger partial charge in [-0.15, -0.1) is 5.10 Å². The lowest BCUT2D eigenvalue weighted by Gasteiger charge is -2.34. The van der Waals surface area contributed by atoms with Crippen molar-refractivity contribution in [2.24, 2.45) is 7.05 Å². The average Bonchev–Trinajstić information content (AvgIpc) is 3.09. The molecule has 4 heterocycles. The van der Waals surface area contributed by atoms with Gasteiger partial charge in [-0.05, 0) is 32.0 Å². The van der Waals surface area contributed by atoms with E-state index in [-0.39, 0.29) is 11.1 Å². The first-order valence-corrected chi connectivity index (χ1v) is 10.5. The largest absolute Gasteiger partial charge is 0.299 e. The zero-order chi connectivity index (χ0) is 22.0. The third-order valence-electron chi connectivity index (χ3n) is 5.57. The van der Waals surface area contributed by atoms with Gasteiger partial charge in [0.2, 0.25) is 0 Å². The molecule has 0 spiro atoms. The first-order valence-electron chi connectivity index (χ1n) is 10.5. The topological polar surface area (TPSA) is 94.1 Å². The monoisotopic (exact) mass is 424 g/mol. The Morgan fingerprint density at radius 3 is 2.23 bits per heavy atom. The fraction of sp³-hybridized carbons (Fsp3) is 0.476. The van der Waals surface area contributed by atoms with Crippen molar-refractivity contribution < 1.29 is 0 Å². The van der Waals surface area contributed by atoms with Crippen LogP contribution >= 0.6 is 0 Å². The van der Waals surface area contributed by atoms with Gasteiger partial charge < -0.3 is 0 Å². The van der Waals surface area contributed by atoms with Crippen LogP contribution in [0.1, 0.15) is 17.1 Å². The maximum atomic E-state index is 12.3. The van der Waals surface area contributed by atoms with Gasteiger partial charge in [0.25, 0.3) is 11.1 Å². The highest BCUT2D eigenvalue weighted by molar-refractivity contribution is 5.23. The molecule has 0 N–H and O–H groups in total. The number of hydrogen-bond acceptors (Lipinski definition) is 7. The van der Waals surface area contributed by atoms with E-state index in [1.54, 1.807) is 36.0 Å². The molecule has 1 aliphatic rings. The second-order valence-corrected chi connectivity index (χ2v) is 8.00. The van der Waals surface area contributed by atoms with Crippen LogP contribution in [0.2, 0.25) is 0 Å². The Hall–Kier alpha value is -3.11. The highest BCUT2D eigenvalue weighted by Crippen LogP contribution is 2.09. The van der Waals surface area contributed by atoms with Crippen molar-refractivity contribution in [1.82, 2.24) is 39.1 Å². The molecule has 0 amide bonds. The van der Waals surface area contributed by atoms with Gasteiger partial charge in [0.05, 0.1) is 17.9 Å². The standard InChI is InChI=1S/C21H28N8O2/c1-16-14-17(2)29(22-16)19-5-7-21(31)28(24-19)13-12-26-8-10-27(11-9-26)15-18-4-6-20(30)25(3)23-18/h4-7,14H,8-13,15H2,1-3H3. The Morgan fingerprint density at radius 1 is 0.839 bits per heavy atom. The summed E-state index contributed by atoms with van der Waals surface area (Å²) in [5.74, 6) is 0.653. The average molecular weight is 425 g/mol. The normalized spacial score (nSPS) is 15.5. The summed E-state index contributed by atoms with van der Waals surface area (Å²) in [6.45, 7) is 9.60. The zero-order valence-electron chi connectivity index (χ0n) is 18.2. The van der Waals surface area contributed by atoms with Crippen LogP contribution in [0.25, 0.3) is 5.82 Å². The van der Waals surface area contributed by atoms with Gasteiger partial charge in [0.1, 0.15) is 0 Å². The molecule has 3 aromatic heterocycles. The van der Waals surface area contributed by atoms with Crippen molar-refractivity contribution in [3.05, 3.63) is 68.1 Å². The number of aromatic nitrogens is 6. The minimum Gasteiger partial charge on any atom is -0.299 e. The van der Waals surface area contributed by atoms with Crippen LogP contribution in [-0.2, 0) is 20.1 Å². The predicted molar refractivity (Wildman–Crippen MR) is 116 cm³/mol. The Labute approximate surface area is 180 Å². The van der Waals surface area contributed by atoms with Crippen molar-refractivity contribution in [2.75, 3.05) is 32.7 Å². The number of aryl methyl sites for hydroxylation is 3. The molecule has 31 heavy (non-hydrogen) atoms. The van der Waals surface area contributed by atoms with Crippen LogP contribution in [0.5, 0.6) is 0 Å². The summed E-state index contributed by atoms with van der Waals surface area (Å²) in [5.41, 5.74) is 2.60. The molecule has 10 nitrogen and oxygen atoms in total. The van der Waals surface area contributed by atoms with E-state index in [1.807, 2.05) is 19.9 Å². The third kappa shape index (κ3) is 4.97. The highest BCUT2D eigenvalue weighted by Gasteiger charge is 2.18. The van der Waals surface area contributed by atoms with Crippen LogP contribution in [0, 0.1) is 13.8 Å². The van der Waals surface area contributed by atoms with Gasteiger partial charge in [0, 0.05) is 64.1 Å². The Kier molecular flexibility index (Phi) is 6.10. The van der Waals surface area contributed by atoms with Crippen molar-refractivity contribution in [2.45, 2.75) is 26.9 Å². The first-order chi connectivity index (χ1) is 14.9.